The van der Waals surface area contributed by atoms with E-state index < -0.39 is 0 Å². The molecule has 1 N–H and O–H groups in total. The van der Waals surface area contributed by atoms with Crippen molar-refractivity contribution in [1.29, 1.82) is 0 Å². The number of carbonyl (C=O) groups excluding carboxylic acids is 1. The number of ether oxygens (including phenoxy) is 1. The fraction of sp³-hybridized carbons (Fsp3) is 0.556. The van der Waals surface area contributed by atoms with E-state index in [2.05, 4.69) is 15.0 Å². The van der Waals surface area contributed by atoms with Gasteiger partial charge in [-0.2, -0.15) is 0 Å². The van der Waals surface area contributed by atoms with E-state index in [-0.39, 0.29) is 12.5 Å². The van der Waals surface area contributed by atoms with Gasteiger partial charge in [-0.25, -0.2) is 4.98 Å². The van der Waals surface area contributed by atoms with Crippen LogP contribution in [0, 0.1) is 0 Å². The molecule has 0 aliphatic rings. The third-order valence-electron chi connectivity index (χ3n) is 1.78. The van der Waals surface area contributed by atoms with E-state index in [1.165, 1.54) is 7.11 Å². The van der Waals surface area contributed by atoms with Crippen LogP contribution in [0.4, 0.5) is 0 Å². The van der Waals surface area contributed by atoms with Crippen molar-refractivity contribution in [3.63, 3.8) is 0 Å². The van der Waals surface area contributed by atoms with Gasteiger partial charge in [-0.1, -0.05) is 6.92 Å². The Balaban J connectivity index is 2.46. The van der Waals surface area contributed by atoms with E-state index in [1.54, 1.807) is 10.9 Å². The average Bonchev–Trinajstić information content (AvgIpc) is 2.62. The Morgan fingerprint density at radius 3 is 3.14 bits per heavy atom. The van der Waals surface area contributed by atoms with Crippen LogP contribution < -0.4 is 5.32 Å². The molecule has 0 radical (unpaired) electrons. The molecule has 0 aromatic carbocycles. The number of carbonyl (C=O) groups is 1. The van der Waals surface area contributed by atoms with Crippen LogP contribution in [0.15, 0.2) is 12.5 Å². The van der Waals surface area contributed by atoms with Crippen LogP contribution in [0.5, 0.6) is 0 Å². The summed E-state index contributed by atoms with van der Waals surface area (Å²) in [5, 5.41) is 3.15. The van der Waals surface area contributed by atoms with Gasteiger partial charge in [0.05, 0.1) is 19.1 Å². The quantitative estimate of drug-likeness (QED) is 0.683. The molecule has 5 heteroatoms. The monoisotopic (exact) mass is 197 g/mol. The second-order valence-corrected chi connectivity index (χ2v) is 2.89. The van der Waals surface area contributed by atoms with Gasteiger partial charge >= 0.3 is 5.97 Å². The van der Waals surface area contributed by atoms with E-state index in [1.807, 2.05) is 13.1 Å². The predicted octanol–water partition coefficient (Wildman–Crippen LogP) is 0.166. The molecule has 1 heterocycles. The standard InChI is InChI=1S/C9H15N3O2/c1-3-10-4-8-5-12(7-11-8)6-9(13)14-2/h5,7,10H,3-4,6H2,1-2H3. The van der Waals surface area contributed by atoms with Crippen molar-refractivity contribution >= 4 is 5.97 Å². The van der Waals surface area contributed by atoms with E-state index in [4.69, 9.17) is 0 Å². The molecule has 0 amide bonds. The summed E-state index contributed by atoms with van der Waals surface area (Å²) in [6, 6.07) is 0. The van der Waals surface area contributed by atoms with Crippen molar-refractivity contribution in [2.24, 2.45) is 0 Å². The predicted molar refractivity (Wildman–Crippen MR) is 51.6 cm³/mol. The highest BCUT2D eigenvalue weighted by Crippen LogP contribution is 1.96. The maximum Gasteiger partial charge on any atom is 0.325 e. The second-order valence-electron chi connectivity index (χ2n) is 2.89. The first-order valence-electron chi connectivity index (χ1n) is 4.54. The van der Waals surface area contributed by atoms with Crippen LogP contribution in [0.3, 0.4) is 0 Å². The van der Waals surface area contributed by atoms with E-state index in [9.17, 15) is 4.79 Å². The molecule has 0 saturated carbocycles. The van der Waals surface area contributed by atoms with Gasteiger partial charge in [0.15, 0.2) is 0 Å². The van der Waals surface area contributed by atoms with Crippen LogP contribution >= 0.6 is 0 Å². The molecule has 0 bridgehead atoms. The maximum atomic E-state index is 10.9. The smallest absolute Gasteiger partial charge is 0.325 e. The summed E-state index contributed by atoms with van der Waals surface area (Å²) >= 11 is 0. The molecule has 0 atom stereocenters. The topological polar surface area (TPSA) is 56.2 Å². The zero-order valence-corrected chi connectivity index (χ0v) is 8.49. The van der Waals surface area contributed by atoms with Gasteiger partial charge in [0.2, 0.25) is 0 Å². The largest absolute Gasteiger partial charge is 0.468 e. The summed E-state index contributed by atoms with van der Waals surface area (Å²) in [5.41, 5.74) is 0.927. The first-order valence-corrected chi connectivity index (χ1v) is 4.54. The number of rotatable bonds is 5. The van der Waals surface area contributed by atoms with Gasteiger partial charge in [-0.15, -0.1) is 0 Å². The van der Waals surface area contributed by atoms with Gasteiger partial charge in [-0.3, -0.25) is 4.79 Å². The van der Waals surface area contributed by atoms with Crippen molar-refractivity contribution < 1.29 is 9.53 Å². The van der Waals surface area contributed by atoms with Crippen molar-refractivity contribution in [2.45, 2.75) is 20.0 Å². The number of hydrogen-bond donors (Lipinski definition) is 1. The third-order valence-corrected chi connectivity index (χ3v) is 1.78. The Morgan fingerprint density at radius 2 is 2.50 bits per heavy atom. The Morgan fingerprint density at radius 1 is 1.71 bits per heavy atom. The lowest BCUT2D eigenvalue weighted by molar-refractivity contribution is -0.141. The molecule has 14 heavy (non-hydrogen) atoms. The number of aromatic nitrogens is 2. The third kappa shape index (κ3) is 3.18. The average molecular weight is 197 g/mol. The number of hydrogen-bond acceptors (Lipinski definition) is 4. The van der Waals surface area contributed by atoms with Crippen molar-refractivity contribution in [3.05, 3.63) is 18.2 Å². The Hall–Kier alpha value is -1.36. The minimum absolute atomic E-state index is 0.218. The highest BCUT2D eigenvalue weighted by molar-refractivity contribution is 5.68. The number of methoxy groups -OCH3 is 1. The molecule has 1 aromatic heterocycles. The summed E-state index contributed by atoms with van der Waals surface area (Å²) in [5.74, 6) is -0.266. The van der Waals surface area contributed by atoms with E-state index >= 15 is 0 Å². The van der Waals surface area contributed by atoms with Crippen LogP contribution in [0.1, 0.15) is 12.6 Å². The van der Waals surface area contributed by atoms with Gasteiger partial charge in [0.25, 0.3) is 0 Å². The molecule has 0 spiro atoms. The molecular weight excluding hydrogens is 182 g/mol. The summed E-state index contributed by atoms with van der Waals surface area (Å²) in [7, 11) is 1.37. The summed E-state index contributed by atoms with van der Waals surface area (Å²) in [6.07, 6.45) is 3.46. The molecular formula is C9H15N3O2. The van der Waals surface area contributed by atoms with Crippen LogP contribution in [0.25, 0.3) is 0 Å². The Bertz CT molecular complexity index is 296. The molecule has 0 unspecified atom stereocenters. The SMILES string of the molecule is CCNCc1cn(CC(=O)OC)cn1. The number of imidazole rings is 1. The molecule has 5 nitrogen and oxygen atoms in total. The summed E-state index contributed by atoms with van der Waals surface area (Å²) in [6.45, 7) is 3.88. The summed E-state index contributed by atoms with van der Waals surface area (Å²) in [4.78, 5) is 15.1. The van der Waals surface area contributed by atoms with Crippen LogP contribution in [-0.2, 0) is 22.6 Å². The van der Waals surface area contributed by atoms with E-state index in [0.29, 0.717) is 0 Å². The van der Waals surface area contributed by atoms with E-state index in [0.717, 1.165) is 18.8 Å². The number of nitrogens with zero attached hydrogens (tertiary/aromatic N) is 2. The van der Waals surface area contributed by atoms with Crippen LogP contribution in [-0.4, -0.2) is 29.2 Å². The highest BCUT2D eigenvalue weighted by Gasteiger charge is 2.03. The fourth-order valence-corrected chi connectivity index (χ4v) is 1.05. The lowest BCUT2D eigenvalue weighted by atomic mass is 10.4. The van der Waals surface area contributed by atoms with Gasteiger partial charge in [-0.05, 0) is 6.54 Å². The molecule has 0 fully saturated rings. The zero-order chi connectivity index (χ0) is 10.4. The van der Waals surface area contributed by atoms with Gasteiger partial charge in [0.1, 0.15) is 6.54 Å². The lowest BCUT2D eigenvalue weighted by Crippen LogP contribution is -2.12. The minimum atomic E-state index is -0.266. The highest BCUT2D eigenvalue weighted by atomic mass is 16.5. The maximum absolute atomic E-state index is 10.9. The number of nitrogens with one attached hydrogen (secondary N) is 1. The molecule has 0 aliphatic carbocycles. The summed E-state index contributed by atoms with van der Waals surface area (Å²) < 4.78 is 6.25. The lowest BCUT2D eigenvalue weighted by Gasteiger charge is -1.99. The molecule has 0 saturated heterocycles. The van der Waals surface area contributed by atoms with Crippen molar-refractivity contribution in [2.75, 3.05) is 13.7 Å². The van der Waals surface area contributed by atoms with Gasteiger partial charge < -0.3 is 14.6 Å². The van der Waals surface area contributed by atoms with Crippen molar-refractivity contribution in [3.8, 4) is 0 Å². The molecule has 1 rings (SSSR count). The van der Waals surface area contributed by atoms with Crippen LogP contribution in [0.2, 0.25) is 0 Å². The normalized spacial score (nSPS) is 10.1. The second kappa shape index (κ2) is 5.39. The first-order chi connectivity index (χ1) is 6.76. The first kappa shape index (κ1) is 10.7. The Kier molecular flexibility index (Phi) is 4.12. The van der Waals surface area contributed by atoms with Crippen molar-refractivity contribution in [1.82, 2.24) is 14.9 Å². The molecule has 1 aromatic rings. The molecule has 78 valence electrons. The molecule has 0 aliphatic heterocycles. The number of esters is 1. The minimum Gasteiger partial charge on any atom is -0.468 e. The Labute approximate surface area is 83.1 Å². The zero-order valence-electron chi connectivity index (χ0n) is 8.49. The van der Waals surface area contributed by atoms with Gasteiger partial charge in [0, 0.05) is 12.7 Å². The fourth-order valence-electron chi connectivity index (χ4n) is 1.05.